The smallest absolute Gasteiger partial charge is 0.324 e. The summed E-state index contributed by atoms with van der Waals surface area (Å²) in [5.41, 5.74) is 2.23. The Morgan fingerprint density at radius 2 is 1.80 bits per heavy atom. The minimum absolute atomic E-state index is 0.0300. The molecule has 2 aromatic carbocycles. The Morgan fingerprint density at radius 1 is 1.12 bits per heavy atom. The Balaban J connectivity index is 1.55. The molecule has 1 N–H and O–H groups in total. The number of carbonyl (C=O) groups is 2. The summed E-state index contributed by atoms with van der Waals surface area (Å²) in [5.74, 6) is -0.301. The molecule has 0 aliphatic carbocycles. The van der Waals surface area contributed by atoms with Crippen LogP contribution in [0, 0.1) is 0 Å². The number of rotatable bonds is 4. The van der Waals surface area contributed by atoms with Gasteiger partial charge in [0.2, 0.25) is 0 Å². The second kappa shape index (κ2) is 6.85. The first-order chi connectivity index (χ1) is 11.9. The maximum Gasteiger partial charge on any atom is 0.324 e. The molecule has 1 heterocycles. The summed E-state index contributed by atoms with van der Waals surface area (Å²) in [4.78, 5) is 25.6. The molecule has 0 atom stereocenters. The van der Waals surface area contributed by atoms with Crippen LogP contribution in [0.15, 0.2) is 53.4 Å². The third-order valence-corrected chi connectivity index (χ3v) is 5.33. The van der Waals surface area contributed by atoms with E-state index < -0.39 is 15.1 Å². The van der Waals surface area contributed by atoms with Crippen LogP contribution in [0.25, 0.3) is 0 Å². The zero-order valence-electron chi connectivity index (χ0n) is 13.1. The number of urea groups is 1. The standard InChI is InChI=1S/C17H15ClN2O4S/c18-25(23,24)14-7-5-12(6-8-14)9-10-19-17(22)20-11-13-3-1-2-4-15(13)16(20)21/h1-8H,9-11H2,(H,19,22). The van der Waals surface area contributed by atoms with Crippen molar-refractivity contribution in [1.29, 1.82) is 0 Å². The zero-order valence-corrected chi connectivity index (χ0v) is 14.7. The number of halogens is 1. The van der Waals surface area contributed by atoms with E-state index in [0.29, 0.717) is 18.5 Å². The minimum atomic E-state index is -3.74. The van der Waals surface area contributed by atoms with E-state index >= 15 is 0 Å². The van der Waals surface area contributed by atoms with E-state index in [0.717, 1.165) is 11.1 Å². The third kappa shape index (κ3) is 3.83. The highest BCUT2D eigenvalue weighted by molar-refractivity contribution is 8.13. The van der Waals surface area contributed by atoms with E-state index in [9.17, 15) is 18.0 Å². The summed E-state index contributed by atoms with van der Waals surface area (Å²) in [6, 6.07) is 12.8. The molecule has 0 bridgehead atoms. The van der Waals surface area contributed by atoms with Crippen molar-refractivity contribution in [3.63, 3.8) is 0 Å². The van der Waals surface area contributed by atoms with Crippen molar-refractivity contribution in [3.8, 4) is 0 Å². The molecule has 0 unspecified atom stereocenters. The number of imide groups is 1. The van der Waals surface area contributed by atoms with Gasteiger partial charge in [0.25, 0.3) is 15.0 Å². The molecule has 3 rings (SSSR count). The summed E-state index contributed by atoms with van der Waals surface area (Å²) in [5, 5.41) is 2.71. The lowest BCUT2D eigenvalue weighted by Crippen LogP contribution is -2.40. The van der Waals surface area contributed by atoms with Crippen molar-refractivity contribution in [2.24, 2.45) is 0 Å². The first-order valence-electron chi connectivity index (χ1n) is 7.57. The Labute approximate surface area is 149 Å². The molecule has 6 nitrogen and oxygen atoms in total. The predicted octanol–water partition coefficient (Wildman–Crippen LogP) is 2.52. The average molecular weight is 379 g/mol. The van der Waals surface area contributed by atoms with E-state index in [4.69, 9.17) is 10.7 Å². The maximum atomic E-state index is 12.2. The molecule has 1 aliphatic rings. The summed E-state index contributed by atoms with van der Waals surface area (Å²) in [6.07, 6.45) is 0.503. The van der Waals surface area contributed by atoms with E-state index in [1.165, 1.54) is 17.0 Å². The molecule has 0 fully saturated rings. The SMILES string of the molecule is O=C(NCCc1ccc(S(=O)(=O)Cl)cc1)N1Cc2ccccc2C1=O. The van der Waals surface area contributed by atoms with Crippen LogP contribution >= 0.6 is 10.7 Å². The molecule has 1 aliphatic heterocycles. The Hall–Kier alpha value is -2.38. The lowest BCUT2D eigenvalue weighted by molar-refractivity contribution is 0.0821. The summed E-state index contributed by atoms with van der Waals surface area (Å²) in [6.45, 7) is 0.592. The molecular weight excluding hydrogens is 364 g/mol. The number of fused-ring (bicyclic) bond motifs is 1. The summed E-state index contributed by atoms with van der Waals surface area (Å²) in [7, 11) is 1.52. The number of carbonyl (C=O) groups excluding carboxylic acids is 2. The number of hydrogen-bond donors (Lipinski definition) is 1. The van der Waals surface area contributed by atoms with Crippen LogP contribution in [-0.2, 0) is 22.0 Å². The van der Waals surface area contributed by atoms with Crippen molar-refractivity contribution < 1.29 is 18.0 Å². The fraction of sp³-hybridized carbons (Fsp3) is 0.176. The molecule has 0 radical (unpaired) electrons. The van der Waals surface area contributed by atoms with Crippen molar-refractivity contribution in [2.75, 3.05) is 6.54 Å². The third-order valence-electron chi connectivity index (χ3n) is 3.96. The first-order valence-corrected chi connectivity index (χ1v) is 9.88. The molecule has 130 valence electrons. The van der Waals surface area contributed by atoms with Crippen molar-refractivity contribution in [1.82, 2.24) is 10.2 Å². The molecule has 8 heteroatoms. The van der Waals surface area contributed by atoms with Gasteiger partial charge in [-0.3, -0.25) is 9.69 Å². The van der Waals surface area contributed by atoms with Gasteiger partial charge in [-0.1, -0.05) is 30.3 Å². The van der Waals surface area contributed by atoms with Crippen LogP contribution in [-0.4, -0.2) is 31.8 Å². The van der Waals surface area contributed by atoms with Gasteiger partial charge in [-0.05, 0) is 35.7 Å². The van der Waals surface area contributed by atoms with Gasteiger partial charge in [0, 0.05) is 22.8 Å². The van der Waals surface area contributed by atoms with Crippen molar-refractivity contribution >= 4 is 31.7 Å². The Morgan fingerprint density at radius 3 is 2.44 bits per heavy atom. The molecule has 0 spiro atoms. The highest BCUT2D eigenvalue weighted by Crippen LogP contribution is 2.22. The summed E-state index contributed by atoms with van der Waals surface area (Å²) >= 11 is 0. The second-order valence-corrected chi connectivity index (χ2v) is 8.18. The van der Waals surface area contributed by atoms with Gasteiger partial charge in [-0.15, -0.1) is 0 Å². The molecule has 0 aromatic heterocycles. The van der Waals surface area contributed by atoms with Gasteiger partial charge < -0.3 is 5.32 Å². The zero-order chi connectivity index (χ0) is 18.0. The molecule has 3 amide bonds. The maximum absolute atomic E-state index is 12.2. The van der Waals surface area contributed by atoms with Gasteiger partial charge in [-0.2, -0.15) is 0 Å². The minimum Gasteiger partial charge on any atom is -0.337 e. The number of hydrogen-bond acceptors (Lipinski definition) is 4. The number of nitrogens with zero attached hydrogens (tertiary/aromatic N) is 1. The number of nitrogens with one attached hydrogen (secondary N) is 1. The van der Waals surface area contributed by atoms with Crippen LogP contribution in [0.2, 0.25) is 0 Å². The Kier molecular flexibility index (Phi) is 4.78. The molecule has 0 saturated carbocycles. The molecule has 0 saturated heterocycles. The fourth-order valence-corrected chi connectivity index (χ4v) is 3.42. The first kappa shape index (κ1) is 17.4. The predicted molar refractivity (Wildman–Crippen MR) is 92.9 cm³/mol. The molecule has 2 aromatic rings. The largest absolute Gasteiger partial charge is 0.337 e. The van der Waals surface area contributed by atoms with Crippen molar-refractivity contribution in [3.05, 3.63) is 65.2 Å². The van der Waals surface area contributed by atoms with Crippen LogP contribution in [0.1, 0.15) is 21.5 Å². The highest BCUT2D eigenvalue weighted by atomic mass is 35.7. The second-order valence-electron chi connectivity index (χ2n) is 5.61. The van der Waals surface area contributed by atoms with Gasteiger partial charge >= 0.3 is 6.03 Å². The van der Waals surface area contributed by atoms with E-state index in [-0.39, 0.29) is 17.3 Å². The van der Waals surface area contributed by atoms with E-state index in [2.05, 4.69) is 5.32 Å². The van der Waals surface area contributed by atoms with Gasteiger partial charge in [-0.25, -0.2) is 13.2 Å². The van der Waals surface area contributed by atoms with Gasteiger partial charge in [0.1, 0.15) is 0 Å². The van der Waals surface area contributed by atoms with Gasteiger partial charge in [0.05, 0.1) is 11.4 Å². The molecular formula is C17H15ClN2O4S. The fourth-order valence-electron chi connectivity index (χ4n) is 2.65. The number of amides is 3. The molecule has 25 heavy (non-hydrogen) atoms. The topological polar surface area (TPSA) is 83.6 Å². The van der Waals surface area contributed by atoms with Crippen LogP contribution < -0.4 is 5.32 Å². The van der Waals surface area contributed by atoms with Gasteiger partial charge in [0.15, 0.2) is 0 Å². The monoisotopic (exact) mass is 378 g/mol. The summed E-state index contributed by atoms with van der Waals surface area (Å²) < 4.78 is 22.4. The normalized spacial score (nSPS) is 13.6. The van der Waals surface area contributed by atoms with Crippen LogP contribution in [0.3, 0.4) is 0 Å². The van der Waals surface area contributed by atoms with E-state index in [1.54, 1.807) is 24.3 Å². The van der Waals surface area contributed by atoms with Crippen LogP contribution in [0.4, 0.5) is 4.79 Å². The quantitative estimate of drug-likeness (QED) is 0.828. The van der Waals surface area contributed by atoms with Crippen LogP contribution in [0.5, 0.6) is 0 Å². The number of benzene rings is 2. The van der Waals surface area contributed by atoms with E-state index in [1.807, 2.05) is 12.1 Å². The highest BCUT2D eigenvalue weighted by Gasteiger charge is 2.31. The lowest BCUT2D eigenvalue weighted by atomic mass is 10.1. The Bertz CT molecular complexity index is 926. The lowest BCUT2D eigenvalue weighted by Gasteiger charge is -2.14. The van der Waals surface area contributed by atoms with Crippen molar-refractivity contribution in [2.45, 2.75) is 17.9 Å². The average Bonchev–Trinajstić information content (AvgIpc) is 2.92.